The van der Waals surface area contributed by atoms with Gasteiger partial charge in [-0.1, -0.05) is 11.6 Å². The molecule has 2 heterocycles. The molecule has 0 atom stereocenters. The lowest BCUT2D eigenvalue weighted by molar-refractivity contribution is -0.113. The largest absolute Gasteiger partial charge is 0.495 e. The highest BCUT2D eigenvalue weighted by atomic mass is 35.5. The normalized spacial score (nSPS) is 10.6. The molecule has 3 rings (SSSR count). The highest BCUT2D eigenvalue weighted by Gasteiger charge is 2.09. The van der Waals surface area contributed by atoms with Gasteiger partial charge in [-0.25, -0.2) is 4.98 Å². The summed E-state index contributed by atoms with van der Waals surface area (Å²) in [5, 5.41) is 6.10. The van der Waals surface area contributed by atoms with Crippen molar-refractivity contribution in [1.82, 2.24) is 4.98 Å². The zero-order chi connectivity index (χ0) is 17.6. The average molecular weight is 395 g/mol. The Morgan fingerprint density at radius 3 is 3.04 bits per heavy atom. The fourth-order valence-electron chi connectivity index (χ4n) is 2.08. The number of carbonyl (C=O) groups excluding carboxylic acids is 1. The summed E-state index contributed by atoms with van der Waals surface area (Å²) in [6.07, 6.45) is 1.63. The standard InChI is InChI=1S/C17H15ClN2O3S2/c1-22-14-5-4-11(7-13(14)18)19-16(21)10-24-8-12-9-25-17(20-12)15-3-2-6-23-15/h2-7,9H,8,10H2,1H3,(H,19,21). The van der Waals surface area contributed by atoms with Crippen molar-refractivity contribution < 1.29 is 13.9 Å². The number of hydrogen-bond donors (Lipinski definition) is 1. The smallest absolute Gasteiger partial charge is 0.234 e. The highest BCUT2D eigenvalue weighted by molar-refractivity contribution is 7.99. The van der Waals surface area contributed by atoms with E-state index < -0.39 is 0 Å². The first-order valence-corrected chi connectivity index (χ1v) is 9.76. The highest BCUT2D eigenvalue weighted by Crippen LogP contribution is 2.28. The molecule has 3 aromatic rings. The molecular formula is C17H15ClN2O3S2. The third-order valence-corrected chi connectivity index (χ3v) is 5.37. The van der Waals surface area contributed by atoms with Gasteiger partial charge in [0.25, 0.3) is 0 Å². The van der Waals surface area contributed by atoms with Gasteiger partial charge in [0.05, 0.1) is 29.8 Å². The number of hydrogen-bond acceptors (Lipinski definition) is 6. The van der Waals surface area contributed by atoms with Gasteiger partial charge in [0, 0.05) is 16.8 Å². The van der Waals surface area contributed by atoms with Crippen LogP contribution in [-0.2, 0) is 10.5 Å². The molecule has 0 unspecified atom stereocenters. The first-order valence-electron chi connectivity index (χ1n) is 7.35. The Morgan fingerprint density at radius 2 is 2.32 bits per heavy atom. The second-order valence-corrected chi connectivity index (χ2v) is 7.26. The van der Waals surface area contributed by atoms with Crippen LogP contribution in [-0.4, -0.2) is 23.8 Å². The molecular weight excluding hydrogens is 380 g/mol. The van der Waals surface area contributed by atoms with Crippen LogP contribution in [0.2, 0.25) is 5.02 Å². The molecule has 1 amide bonds. The fourth-order valence-corrected chi connectivity index (χ4v) is 3.94. The van der Waals surface area contributed by atoms with Crippen molar-refractivity contribution in [2.45, 2.75) is 5.75 Å². The lowest BCUT2D eigenvalue weighted by atomic mass is 10.3. The summed E-state index contributed by atoms with van der Waals surface area (Å²) in [6.45, 7) is 0. The maximum atomic E-state index is 12.0. The molecule has 25 heavy (non-hydrogen) atoms. The van der Waals surface area contributed by atoms with Crippen molar-refractivity contribution in [2.24, 2.45) is 0 Å². The predicted molar refractivity (Wildman–Crippen MR) is 103 cm³/mol. The van der Waals surface area contributed by atoms with Crippen LogP contribution in [0.15, 0.2) is 46.4 Å². The Balaban J connectivity index is 1.47. The molecule has 5 nitrogen and oxygen atoms in total. The minimum absolute atomic E-state index is 0.0901. The molecule has 1 aromatic carbocycles. The number of amides is 1. The molecule has 8 heteroatoms. The van der Waals surface area contributed by atoms with Crippen LogP contribution in [0.4, 0.5) is 5.69 Å². The summed E-state index contributed by atoms with van der Waals surface area (Å²) in [5.41, 5.74) is 1.58. The van der Waals surface area contributed by atoms with Gasteiger partial charge in [0.2, 0.25) is 5.91 Å². The zero-order valence-corrected chi connectivity index (χ0v) is 15.7. The van der Waals surface area contributed by atoms with Crippen molar-refractivity contribution in [3.05, 3.63) is 52.7 Å². The summed E-state index contributed by atoms with van der Waals surface area (Å²) >= 11 is 9.07. The molecule has 0 aliphatic heterocycles. The molecule has 0 saturated carbocycles. The average Bonchev–Trinajstić information content (AvgIpc) is 3.26. The van der Waals surface area contributed by atoms with E-state index >= 15 is 0 Å². The van der Waals surface area contributed by atoms with Crippen LogP contribution in [0, 0.1) is 0 Å². The van der Waals surface area contributed by atoms with Gasteiger partial charge >= 0.3 is 0 Å². The predicted octanol–water partition coefficient (Wildman–Crippen LogP) is 4.94. The van der Waals surface area contributed by atoms with Gasteiger partial charge in [-0.05, 0) is 30.3 Å². The molecule has 0 spiro atoms. The SMILES string of the molecule is COc1ccc(NC(=O)CSCc2csc(-c3ccco3)n2)cc1Cl. The molecule has 0 bridgehead atoms. The number of benzene rings is 1. The number of thiazole rings is 1. The second kappa shape index (κ2) is 8.42. The summed E-state index contributed by atoms with van der Waals surface area (Å²) in [5.74, 6) is 2.23. The summed E-state index contributed by atoms with van der Waals surface area (Å²) in [4.78, 5) is 16.5. The molecule has 0 fully saturated rings. The Hall–Kier alpha value is -1.96. The number of nitrogens with zero attached hydrogens (tertiary/aromatic N) is 1. The molecule has 130 valence electrons. The fraction of sp³-hybridized carbons (Fsp3) is 0.176. The van der Waals surface area contributed by atoms with E-state index in [0.717, 1.165) is 16.5 Å². The number of methoxy groups -OCH3 is 1. The van der Waals surface area contributed by atoms with E-state index in [-0.39, 0.29) is 5.91 Å². The van der Waals surface area contributed by atoms with E-state index in [1.165, 1.54) is 23.1 Å². The van der Waals surface area contributed by atoms with Gasteiger partial charge in [-0.3, -0.25) is 4.79 Å². The maximum absolute atomic E-state index is 12.0. The van der Waals surface area contributed by atoms with Crippen molar-refractivity contribution >= 4 is 46.3 Å². The van der Waals surface area contributed by atoms with Crippen LogP contribution < -0.4 is 10.1 Å². The van der Waals surface area contributed by atoms with Crippen LogP contribution in [0.25, 0.3) is 10.8 Å². The Kier molecular flexibility index (Phi) is 6.01. The lowest BCUT2D eigenvalue weighted by Gasteiger charge is -2.07. The number of carbonyl (C=O) groups is 1. The van der Waals surface area contributed by atoms with Crippen molar-refractivity contribution in [1.29, 1.82) is 0 Å². The number of halogens is 1. The minimum Gasteiger partial charge on any atom is -0.495 e. The van der Waals surface area contributed by atoms with E-state index in [0.29, 0.717) is 28.0 Å². The first-order chi connectivity index (χ1) is 12.2. The van der Waals surface area contributed by atoms with Crippen LogP contribution in [0.1, 0.15) is 5.69 Å². The number of ether oxygens (including phenoxy) is 1. The molecule has 0 aliphatic carbocycles. The van der Waals surface area contributed by atoms with E-state index in [9.17, 15) is 4.79 Å². The molecule has 1 N–H and O–H groups in total. The number of aromatic nitrogens is 1. The number of rotatable bonds is 7. The number of furan rings is 1. The third kappa shape index (κ3) is 4.78. The van der Waals surface area contributed by atoms with E-state index in [2.05, 4.69) is 10.3 Å². The second-order valence-electron chi connectivity index (χ2n) is 5.01. The van der Waals surface area contributed by atoms with Gasteiger partial charge in [-0.15, -0.1) is 23.1 Å². The number of thioether (sulfide) groups is 1. The monoisotopic (exact) mass is 394 g/mol. The molecule has 0 radical (unpaired) electrons. The number of anilines is 1. The number of nitrogens with one attached hydrogen (secondary N) is 1. The first kappa shape index (κ1) is 17.8. The van der Waals surface area contributed by atoms with E-state index in [1.807, 2.05) is 17.5 Å². The topological polar surface area (TPSA) is 64.4 Å². The Bertz CT molecular complexity index is 849. The summed E-state index contributed by atoms with van der Waals surface area (Å²) in [7, 11) is 1.55. The van der Waals surface area contributed by atoms with Crippen LogP contribution in [0.5, 0.6) is 5.75 Å². The Labute approximate surface area is 158 Å². The molecule has 0 aliphatic rings. The van der Waals surface area contributed by atoms with Crippen LogP contribution in [0.3, 0.4) is 0 Å². The molecule has 0 saturated heterocycles. The van der Waals surface area contributed by atoms with Gasteiger partial charge < -0.3 is 14.5 Å². The quantitative estimate of drug-likeness (QED) is 0.615. The minimum atomic E-state index is -0.0901. The van der Waals surface area contributed by atoms with Crippen molar-refractivity contribution in [2.75, 3.05) is 18.2 Å². The van der Waals surface area contributed by atoms with Gasteiger partial charge in [0.15, 0.2) is 10.8 Å². The summed E-state index contributed by atoms with van der Waals surface area (Å²) < 4.78 is 10.4. The van der Waals surface area contributed by atoms with Gasteiger partial charge in [-0.2, -0.15) is 0 Å². The van der Waals surface area contributed by atoms with E-state index in [1.54, 1.807) is 31.6 Å². The van der Waals surface area contributed by atoms with E-state index in [4.69, 9.17) is 20.8 Å². The van der Waals surface area contributed by atoms with Crippen LogP contribution >= 0.6 is 34.7 Å². The third-order valence-electron chi connectivity index (χ3n) is 3.20. The lowest BCUT2D eigenvalue weighted by Crippen LogP contribution is -2.14. The maximum Gasteiger partial charge on any atom is 0.234 e. The zero-order valence-electron chi connectivity index (χ0n) is 13.3. The summed E-state index contributed by atoms with van der Waals surface area (Å²) in [6, 6.07) is 8.85. The van der Waals surface area contributed by atoms with Crippen molar-refractivity contribution in [3.63, 3.8) is 0 Å². The molecule has 2 aromatic heterocycles. The van der Waals surface area contributed by atoms with Gasteiger partial charge in [0.1, 0.15) is 5.75 Å². The Morgan fingerprint density at radius 1 is 1.44 bits per heavy atom. The van der Waals surface area contributed by atoms with Crippen molar-refractivity contribution in [3.8, 4) is 16.5 Å².